The summed E-state index contributed by atoms with van der Waals surface area (Å²) in [6.45, 7) is 2.69. The maximum Gasteiger partial charge on any atom is 0.135 e. The maximum atomic E-state index is 5.92. The monoisotopic (exact) mass is 275 g/mol. The Morgan fingerprint density at radius 1 is 1.35 bits per heavy atom. The van der Waals surface area contributed by atoms with Crippen LogP contribution in [0.3, 0.4) is 0 Å². The van der Waals surface area contributed by atoms with Crippen molar-refractivity contribution < 1.29 is 14.2 Å². The summed E-state index contributed by atoms with van der Waals surface area (Å²) in [6, 6.07) is 5.66. The fraction of sp³-hybridized carbons (Fsp3) is 0.500. The van der Waals surface area contributed by atoms with Crippen molar-refractivity contribution in [2.45, 2.75) is 12.8 Å². The highest BCUT2D eigenvalue weighted by atomic mass is 16.5. The number of hydrogen-bond acceptors (Lipinski definition) is 4. The molecule has 0 saturated carbocycles. The minimum absolute atomic E-state index is 0.330. The molecule has 20 heavy (non-hydrogen) atoms. The molecule has 1 saturated heterocycles. The van der Waals surface area contributed by atoms with Crippen LogP contribution in [0.5, 0.6) is 11.5 Å². The van der Waals surface area contributed by atoms with E-state index in [1.807, 2.05) is 18.2 Å². The van der Waals surface area contributed by atoms with Crippen LogP contribution >= 0.6 is 0 Å². The molecular weight excluding hydrogens is 254 g/mol. The van der Waals surface area contributed by atoms with Crippen LogP contribution in [0.25, 0.3) is 0 Å². The lowest BCUT2D eigenvalue weighted by atomic mass is 10.0. The van der Waals surface area contributed by atoms with E-state index in [1.165, 1.54) is 0 Å². The zero-order valence-corrected chi connectivity index (χ0v) is 11.9. The summed E-state index contributed by atoms with van der Waals surface area (Å²) in [7, 11) is 1.64. The van der Waals surface area contributed by atoms with E-state index in [2.05, 4.69) is 11.8 Å². The molecule has 0 aromatic heterocycles. The van der Waals surface area contributed by atoms with Crippen LogP contribution in [0.15, 0.2) is 18.2 Å². The third kappa shape index (κ3) is 4.16. The highest BCUT2D eigenvalue weighted by molar-refractivity contribution is 5.50. The van der Waals surface area contributed by atoms with Gasteiger partial charge in [-0.15, -0.1) is 0 Å². The molecule has 1 aliphatic heterocycles. The van der Waals surface area contributed by atoms with Crippen molar-refractivity contribution in [2.24, 2.45) is 11.7 Å². The number of methoxy groups -OCH3 is 1. The molecule has 4 nitrogen and oxygen atoms in total. The number of nitrogens with two attached hydrogens (primary N) is 1. The van der Waals surface area contributed by atoms with Crippen molar-refractivity contribution in [2.75, 3.05) is 33.5 Å². The van der Waals surface area contributed by atoms with Crippen molar-refractivity contribution in [1.82, 2.24) is 0 Å². The van der Waals surface area contributed by atoms with Crippen LogP contribution in [0.1, 0.15) is 18.4 Å². The largest absolute Gasteiger partial charge is 0.497 e. The Labute approximate surface area is 120 Å². The fourth-order valence-corrected chi connectivity index (χ4v) is 2.13. The molecule has 2 N–H and O–H groups in total. The van der Waals surface area contributed by atoms with Gasteiger partial charge in [0.05, 0.1) is 25.8 Å². The first-order valence-electron chi connectivity index (χ1n) is 6.91. The highest BCUT2D eigenvalue weighted by Gasteiger charge is 2.15. The van der Waals surface area contributed by atoms with Crippen molar-refractivity contribution in [1.29, 1.82) is 0 Å². The summed E-state index contributed by atoms with van der Waals surface area (Å²) >= 11 is 0. The van der Waals surface area contributed by atoms with E-state index in [4.69, 9.17) is 19.9 Å². The van der Waals surface area contributed by atoms with Gasteiger partial charge in [-0.1, -0.05) is 11.8 Å². The fourth-order valence-electron chi connectivity index (χ4n) is 2.13. The van der Waals surface area contributed by atoms with Gasteiger partial charge in [-0.2, -0.15) is 0 Å². The summed E-state index contributed by atoms with van der Waals surface area (Å²) < 4.78 is 16.5. The molecular formula is C16H21NO3. The molecule has 1 aromatic rings. The Balaban J connectivity index is 2.05. The van der Waals surface area contributed by atoms with Gasteiger partial charge >= 0.3 is 0 Å². The third-order valence-corrected chi connectivity index (χ3v) is 3.33. The van der Waals surface area contributed by atoms with Crippen LogP contribution in [0.2, 0.25) is 0 Å². The summed E-state index contributed by atoms with van der Waals surface area (Å²) in [5.74, 6) is 8.00. The Morgan fingerprint density at radius 2 is 2.15 bits per heavy atom. The molecule has 1 fully saturated rings. The molecule has 1 aliphatic rings. The average molecular weight is 275 g/mol. The molecule has 1 aromatic carbocycles. The van der Waals surface area contributed by atoms with E-state index >= 15 is 0 Å². The van der Waals surface area contributed by atoms with E-state index in [0.29, 0.717) is 19.1 Å². The highest BCUT2D eigenvalue weighted by Crippen LogP contribution is 2.25. The smallest absolute Gasteiger partial charge is 0.135 e. The molecule has 4 heteroatoms. The van der Waals surface area contributed by atoms with Gasteiger partial charge in [0, 0.05) is 13.2 Å². The Kier molecular flexibility index (Phi) is 5.72. The van der Waals surface area contributed by atoms with Gasteiger partial charge in [0.1, 0.15) is 11.5 Å². The van der Waals surface area contributed by atoms with E-state index < -0.39 is 0 Å². The second-order valence-corrected chi connectivity index (χ2v) is 4.73. The van der Waals surface area contributed by atoms with Gasteiger partial charge in [0.2, 0.25) is 0 Å². The second kappa shape index (κ2) is 7.78. The minimum Gasteiger partial charge on any atom is -0.497 e. The molecule has 0 unspecified atom stereocenters. The quantitative estimate of drug-likeness (QED) is 0.852. The SMILES string of the molecule is COc1ccc(OCC2CCOCC2)c(C#CCN)c1. The second-order valence-electron chi connectivity index (χ2n) is 4.73. The first-order valence-corrected chi connectivity index (χ1v) is 6.91. The third-order valence-electron chi connectivity index (χ3n) is 3.33. The van der Waals surface area contributed by atoms with Gasteiger partial charge in [0.15, 0.2) is 0 Å². The molecule has 0 aliphatic carbocycles. The standard InChI is InChI=1S/C16H21NO3/c1-18-15-4-5-16(14(11-15)3-2-8-17)20-12-13-6-9-19-10-7-13/h4-5,11,13H,6-10,12,17H2,1H3. The predicted octanol–water partition coefficient (Wildman–Crippen LogP) is 1.81. The van der Waals surface area contributed by atoms with E-state index in [1.54, 1.807) is 7.11 Å². The van der Waals surface area contributed by atoms with Gasteiger partial charge < -0.3 is 19.9 Å². The van der Waals surface area contributed by atoms with Gasteiger partial charge in [-0.05, 0) is 37.0 Å². The zero-order chi connectivity index (χ0) is 14.2. The number of rotatable bonds is 4. The summed E-state index contributed by atoms with van der Waals surface area (Å²) in [5.41, 5.74) is 6.25. The Morgan fingerprint density at radius 3 is 2.85 bits per heavy atom. The lowest BCUT2D eigenvalue weighted by Gasteiger charge is -2.22. The van der Waals surface area contributed by atoms with Gasteiger partial charge in [-0.3, -0.25) is 0 Å². The first-order chi connectivity index (χ1) is 9.83. The lowest BCUT2D eigenvalue weighted by Crippen LogP contribution is -2.21. The number of hydrogen-bond donors (Lipinski definition) is 1. The van der Waals surface area contributed by atoms with E-state index in [9.17, 15) is 0 Å². The van der Waals surface area contributed by atoms with E-state index in [-0.39, 0.29) is 0 Å². The van der Waals surface area contributed by atoms with Crippen LogP contribution in [-0.4, -0.2) is 33.5 Å². The summed E-state index contributed by atoms with van der Waals surface area (Å²) in [5, 5.41) is 0. The number of benzene rings is 1. The first kappa shape index (κ1) is 14.7. The van der Waals surface area contributed by atoms with Crippen molar-refractivity contribution in [3.05, 3.63) is 23.8 Å². The molecule has 0 bridgehead atoms. The Bertz CT molecular complexity index is 484. The molecule has 2 rings (SSSR count). The summed E-state index contributed by atoms with van der Waals surface area (Å²) in [4.78, 5) is 0. The predicted molar refractivity (Wildman–Crippen MR) is 78.0 cm³/mol. The van der Waals surface area contributed by atoms with Crippen molar-refractivity contribution in [3.8, 4) is 23.3 Å². The Hall–Kier alpha value is -1.70. The lowest BCUT2D eigenvalue weighted by molar-refractivity contribution is 0.0497. The zero-order valence-electron chi connectivity index (χ0n) is 11.9. The molecule has 0 spiro atoms. The molecule has 108 valence electrons. The maximum absolute atomic E-state index is 5.92. The van der Waals surface area contributed by atoms with Crippen LogP contribution in [0, 0.1) is 17.8 Å². The van der Waals surface area contributed by atoms with Crippen LogP contribution in [0.4, 0.5) is 0 Å². The van der Waals surface area contributed by atoms with Gasteiger partial charge in [0.25, 0.3) is 0 Å². The van der Waals surface area contributed by atoms with E-state index in [0.717, 1.165) is 43.1 Å². The molecule has 1 heterocycles. The molecule has 0 radical (unpaired) electrons. The minimum atomic E-state index is 0.330. The number of ether oxygens (including phenoxy) is 3. The average Bonchev–Trinajstić information content (AvgIpc) is 2.52. The van der Waals surface area contributed by atoms with Crippen molar-refractivity contribution >= 4 is 0 Å². The molecule has 0 amide bonds. The van der Waals surface area contributed by atoms with Crippen LogP contribution in [-0.2, 0) is 4.74 Å². The van der Waals surface area contributed by atoms with Crippen LogP contribution < -0.4 is 15.2 Å². The van der Waals surface area contributed by atoms with Gasteiger partial charge in [-0.25, -0.2) is 0 Å². The summed E-state index contributed by atoms with van der Waals surface area (Å²) in [6.07, 6.45) is 2.11. The normalized spacial score (nSPS) is 15.3. The van der Waals surface area contributed by atoms with Crippen molar-refractivity contribution in [3.63, 3.8) is 0 Å². The topological polar surface area (TPSA) is 53.7 Å². The molecule has 0 atom stereocenters.